The topological polar surface area (TPSA) is 45.2 Å². The van der Waals surface area contributed by atoms with Crippen LogP contribution in [0.15, 0.2) is 54.9 Å². The third kappa shape index (κ3) is 3.92. The first-order valence-electron chi connectivity index (χ1n) is 9.52. The standard InChI is InChI=1S/C22H25N5/c1-17-24-21(26(2)15-11-18-9-12-23-13-10-18)16-22(25-17)27-14-5-7-19-6-3-4-8-20(19)27/h3-4,6,8-10,12-13,16H,5,7,11,14-15H2,1-2H3. The molecular formula is C22H25N5. The number of aromatic nitrogens is 3. The van der Waals surface area contributed by atoms with E-state index in [1.54, 1.807) is 0 Å². The number of anilines is 3. The maximum absolute atomic E-state index is 4.74. The number of hydrogen-bond donors (Lipinski definition) is 0. The third-order valence-electron chi connectivity index (χ3n) is 5.07. The summed E-state index contributed by atoms with van der Waals surface area (Å²) >= 11 is 0. The highest BCUT2D eigenvalue weighted by Crippen LogP contribution is 2.33. The number of para-hydroxylation sites is 1. The lowest BCUT2D eigenvalue weighted by Gasteiger charge is -2.31. The van der Waals surface area contributed by atoms with E-state index in [1.165, 1.54) is 16.8 Å². The fourth-order valence-electron chi connectivity index (χ4n) is 3.60. The number of nitrogens with zero attached hydrogens (tertiary/aromatic N) is 5. The van der Waals surface area contributed by atoms with Crippen LogP contribution in [-0.4, -0.2) is 35.1 Å². The van der Waals surface area contributed by atoms with E-state index in [2.05, 4.69) is 69.3 Å². The van der Waals surface area contributed by atoms with E-state index >= 15 is 0 Å². The normalized spacial score (nSPS) is 13.3. The molecule has 1 aromatic carbocycles. The Balaban J connectivity index is 1.57. The predicted molar refractivity (Wildman–Crippen MR) is 110 cm³/mol. The van der Waals surface area contributed by atoms with Gasteiger partial charge in [-0.05, 0) is 55.5 Å². The number of pyridine rings is 1. The molecule has 0 fully saturated rings. The van der Waals surface area contributed by atoms with Crippen LogP contribution < -0.4 is 9.80 Å². The van der Waals surface area contributed by atoms with Gasteiger partial charge in [-0.3, -0.25) is 4.98 Å². The van der Waals surface area contributed by atoms with Gasteiger partial charge in [0.1, 0.15) is 17.5 Å². The van der Waals surface area contributed by atoms with Crippen LogP contribution in [0.2, 0.25) is 0 Å². The molecule has 27 heavy (non-hydrogen) atoms. The van der Waals surface area contributed by atoms with Gasteiger partial charge in [0.25, 0.3) is 0 Å². The van der Waals surface area contributed by atoms with E-state index in [0.717, 1.165) is 49.8 Å². The van der Waals surface area contributed by atoms with E-state index in [-0.39, 0.29) is 0 Å². The summed E-state index contributed by atoms with van der Waals surface area (Å²) in [5.41, 5.74) is 3.95. The Bertz CT molecular complexity index is 910. The molecule has 1 aliphatic rings. The summed E-state index contributed by atoms with van der Waals surface area (Å²) in [5, 5.41) is 0. The summed E-state index contributed by atoms with van der Waals surface area (Å²) < 4.78 is 0. The Kier molecular flexibility index (Phi) is 5.01. The van der Waals surface area contributed by atoms with Crippen molar-refractivity contribution in [3.8, 4) is 0 Å². The summed E-state index contributed by atoms with van der Waals surface area (Å²) in [7, 11) is 2.09. The molecule has 0 N–H and O–H groups in total. The zero-order chi connectivity index (χ0) is 18.6. The number of benzene rings is 1. The average molecular weight is 359 g/mol. The van der Waals surface area contributed by atoms with Crippen molar-refractivity contribution in [3.05, 3.63) is 71.8 Å². The molecule has 0 radical (unpaired) electrons. The van der Waals surface area contributed by atoms with E-state index in [9.17, 15) is 0 Å². The molecule has 0 spiro atoms. The second-order valence-corrected chi connectivity index (χ2v) is 7.04. The van der Waals surface area contributed by atoms with Crippen LogP contribution in [0.1, 0.15) is 23.4 Å². The SMILES string of the molecule is Cc1nc(N(C)CCc2ccncc2)cc(N2CCCc3ccccc32)n1. The summed E-state index contributed by atoms with van der Waals surface area (Å²) in [6.07, 6.45) is 6.93. The lowest BCUT2D eigenvalue weighted by molar-refractivity contribution is 0.754. The molecule has 0 saturated carbocycles. The molecule has 4 rings (SSSR count). The minimum Gasteiger partial charge on any atom is -0.359 e. The Morgan fingerprint density at radius 3 is 2.74 bits per heavy atom. The van der Waals surface area contributed by atoms with Crippen LogP contribution in [0.3, 0.4) is 0 Å². The van der Waals surface area contributed by atoms with Crippen molar-refractivity contribution >= 4 is 17.3 Å². The first kappa shape index (κ1) is 17.5. The number of aryl methyl sites for hydroxylation is 2. The minimum absolute atomic E-state index is 0.807. The molecule has 0 bridgehead atoms. The zero-order valence-electron chi connectivity index (χ0n) is 16.0. The number of hydrogen-bond acceptors (Lipinski definition) is 5. The van der Waals surface area contributed by atoms with Crippen molar-refractivity contribution in [1.29, 1.82) is 0 Å². The summed E-state index contributed by atoms with van der Waals surface area (Å²) in [6, 6.07) is 14.9. The number of rotatable bonds is 5. The summed E-state index contributed by atoms with van der Waals surface area (Å²) in [6.45, 7) is 3.86. The molecular weight excluding hydrogens is 334 g/mol. The lowest BCUT2D eigenvalue weighted by Crippen LogP contribution is -2.27. The first-order chi connectivity index (χ1) is 13.2. The van der Waals surface area contributed by atoms with E-state index in [0.29, 0.717) is 0 Å². The second kappa shape index (κ2) is 7.74. The van der Waals surface area contributed by atoms with E-state index in [4.69, 9.17) is 4.98 Å². The maximum atomic E-state index is 4.74. The average Bonchev–Trinajstić information content (AvgIpc) is 2.72. The number of fused-ring (bicyclic) bond motifs is 1. The van der Waals surface area contributed by atoms with Crippen LogP contribution in [0.5, 0.6) is 0 Å². The van der Waals surface area contributed by atoms with Crippen LogP contribution >= 0.6 is 0 Å². The minimum atomic E-state index is 0.807. The summed E-state index contributed by atoms with van der Waals surface area (Å²) in [4.78, 5) is 18.0. The fourth-order valence-corrected chi connectivity index (χ4v) is 3.60. The smallest absolute Gasteiger partial charge is 0.138 e. The van der Waals surface area contributed by atoms with Gasteiger partial charge in [-0.2, -0.15) is 0 Å². The van der Waals surface area contributed by atoms with Crippen molar-refractivity contribution in [3.63, 3.8) is 0 Å². The number of likely N-dealkylation sites (N-methyl/N-ethyl adjacent to an activating group) is 1. The van der Waals surface area contributed by atoms with E-state index < -0.39 is 0 Å². The largest absolute Gasteiger partial charge is 0.359 e. The molecule has 5 heteroatoms. The Hall–Kier alpha value is -2.95. The van der Waals surface area contributed by atoms with Crippen molar-refractivity contribution in [2.75, 3.05) is 29.9 Å². The predicted octanol–water partition coefficient (Wildman–Crippen LogP) is 3.94. The fraction of sp³-hybridized carbons (Fsp3) is 0.318. The molecule has 0 atom stereocenters. The van der Waals surface area contributed by atoms with Crippen molar-refractivity contribution in [2.24, 2.45) is 0 Å². The second-order valence-electron chi connectivity index (χ2n) is 7.04. The molecule has 2 aromatic heterocycles. The zero-order valence-corrected chi connectivity index (χ0v) is 16.0. The van der Waals surface area contributed by atoms with E-state index in [1.807, 2.05) is 19.3 Å². The van der Waals surface area contributed by atoms with Gasteiger partial charge in [-0.15, -0.1) is 0 Å². The van der Waals surface area contributed by atoms with Gasteiger partial charge in [0.15, 0.2) is 0 Å². The maximum Gasteiger partial charge on any atom is 0.138 e. The third-order valence-corrected chi connectivity index (χ3v) is 5.07. The Labute approximate surface area is 160 Å². The van der Waals surface area contributed by atoms with Gasteiger partial charge < -0.3 is 9.80 Å². The molecule has 3 aromatic rings. The Morgan fingerprint density at radius 2 is 1.89 bits per heavy atom. The quantitative estimate of drug-likeness (QED) is 0.690. The van der Waals surface area contributed by atoms with Crippen LogP contribution in [0, 0.1) is 6.92 Å². The Morgan fingerprint density at radius 1 is 1.07 bits per heavy atom. The summed E-state index contributed by atoms with van der Waals surface area (Å²) in [5.74, 6) is 2.76. The van der Waals surface area contributed by atoms with Crippen LogP contribution in [0.25, 0.3) is 0 Å². The lowest BCUT2D eigenvalue weighted by atomic mass is 10.0. The molecule has 1 aliphatic heterocycles. The molecule has 5 nitrogen and oxygen atoms in total. The molecule has 138 valence electrons. The van der Waals surface area contributed by atoms with Gasteiger partial charge in [0, 0.05) is 44.3 Å². The molecule has 0 amide bonds. The highest BCUT2D eigenvalue weighted by atomic mass is 15.2. The van der Waals surface area contributed by atoms with Gasteiger partial charge in [-0.25, -0.2) is 9.97 Å². The molecule has 0 aliphatic carbocycles. The van der Waals surface area contributed by atoms with Gasteiger partial charge >= 0.3 is 0 Å². The first-order valence-corrected chi connectivity index (χ1v) is 9.52. The van der Waals surface area contributed by atoms with Gasteiger partial charge in [0.2, 0.25) is 0 Å². The molecule has 3 heterocycles. The van der Waals surface area contributed by atoms with Crippen LogP contribution in [-0.2, 0) is 12.8 Å². The molecule has 0 saturated heterocycles. The van der Waals surface area contributed by atoms with Gasteiger partial charge in [-0.1, -0.05) is 18.2 Å². The molecule has 0 unspecified atom stereocenters. The highest BCUT2D eigenvalue weighted by Gasteiger charge is 2.20. The monoisotopic (exact) mass is 359 g/mol. The van der Waals surface area contributed by atoms with Crippen molar-refractivity contribution < 1.29 is 0 Å². The highest BCUT2D eigenvalue weighted by molar-refractivity contribution is 5.67. The van der Waals surface area contributed by atoms with Crippen molar-refractivity contribution in [1.82, 2.24) is 15.0 Å². The van der Waals surface area contributed by atoms with Gasteiger partial charge in [0.05, 0.1) is 0 Å². The van der Waals surface area contributed by atoms with Crippen molar-refractivity contribution in [2.45, 2.75) is 26.2 Å². The van der Waals surface area contributed by atoms with Crippen LogP contribution in [0.4, 0.5) is 17.3 Å².